The van der Waals surface area contributed by atoms with Gasteiger partial charge in [-0.15, -0.1) is 0 Å². The third-order valence-corrected chi connectivity index (χ3v) is 4.59. The average molecular weight is 306 g/mol. The van der Waals surface area contributed by atoms with E-state index in [1.165, 1.54) is 6.42 Å². The van der Waals surface area contributed by atoms with Crippen LogP contribution in [0.5, 0.6) is 0 Å². The van der Waals surface area contributed by atoms with Crippen molar-refractivity contribution in [1.82, 2.24) is 15.2 Å². The van der Waals surface area contributed by atoms with Crippen LogP contribution < -0.4 is 5.32 Å². The zero-order valence-corrected chi connectivity index (χ0v) is 12.9. The van der Waals surface area contributed by atoms with E-state index in [0.717, 1.165) is 30.4 Å². The van der Waals surface area contributed by atoms with Crippen LogP contribution in [0.1, 0.15) is 30.3 Å². The number of halogens is 1. The van der Waals surface area contributed by atoms with Gasteiger partial charge < -0.3 is 10.3 Å². The Labute approximate surface area is 129 Å². The third-order valence-electron chi connectivity index (χ3n) is 4.26. The molecule has 2 heterocycles. The number of benzene rings is 1. The fraction of sp³-hybridized carbons (Fsp3) is 0.438. The molecule has 1 saturated heterocycles. The van der Waals surface area contributed by atoms with Crippen LogP contribution in [-0.4, -0.2) is 41.5 Å². The molecule has 112 valence electrons. The van der Waals surface area contributed by atoms with Crippen molar-refractivity contribution >= 4 is 28.4 Å². The molecule has 1 aromatic carbocycles. The first-order chi connectivity index (χ1) is 10.2. The summed E-state index contributed by atoms with van der Waals surface area (Å²) in [5, 5.41) is 4.58. The Hall–Kier alpha value is -1.52. The lowest BCUT2D eigenvalue weighted by Crippen LogP contribution is -2.40. The average Bonchev–Trinajstić information content (AvgIpc) is 3.11. The Morgan fingerprint density at radius 1 is 1.52 bits per heavy atom. The quantitative estimate of drug-likeness (QED) is 0.912. The largest absolute Gasteiger partial charge is 0.350 e. The van der Waals surface area contributed by atoms with Crippen molar-refractivity contribution in [2.75, 3.05) is 19.6 Å². The number of aromatic nitrogens is 1. The maximum atomic E-state index is 12.3. The fourth-order valence-electron chi connectivity index (χ4n) is 3.09. The van der Waals surface area contributed by atoms with Gasteiger partial charge in [-0.3, -0.25) is 9.69 Å². The Kier molecular flexibility index (Phi) is 4.17. The number of likely N-dealkylation sites (N-methyl/N-ethyl adjacent to an activating group) is 1. The summed E-state index contributed by atoms with van der Waals surface area (Å²) in [5.74, 6) is -0.0646. The van der Waals surface area contributed by atoms with E-state index >= 15 is 0 Å². The molecule has 1 aliphatic rings. The number of fused-ring (bicyclic) bond motifs is 1. The molecule has 0 spiro atoms. The molecule has 0 bridgehead atoms. The standard InChI is InChI=1S/C16H20ClN3O/c1-2-20-8-4-5-11(20)10-18-16(21)15-9-12-13(17)6-3-7-14(12)19-15/h3,6-7,9,11,19H,2,4-5,8,10H2,1H3,(H,18,21)/t11-/m0/s1. The minimum absolute atomic E-state index is 0.0646. The molecule has 1 aliphatic heterocycles. The van der Waals surface area contributed by atoms with E-state index in [1.54, 1.807) is 0 Å². The molecule has 2 aromatic rings. The summed E-state index contributed by atoms with van der Waals surface area (Å²) in [5.41, 5.74) is 1.46. The van der Waals surface area contributed by atoms with Gasteiger partial charge in [-0.05, 0) is 44.1 Å². The minimum atomic E-state index is -0.0646. The van der Waals surface area contributed by atoms with Gasteiger partial charge in [0.2, 0.25) is 0 Å². The number of likely N-dealkylation sites (tertiary alicyclic amines) is 1. The lowest BCUT2D eigenvalue weighted by atomic mass is 10.2. The van der Waals surface area contributed by atoms with E-state index in [-0.39, 0.29) is 5.91 Å². The van der Waals surface area contributed by atoms with Crippen molar-refractivity contribution in [2.45, 2.75) is 25.8 Å². The Morgan fingerprint density at radius 3 is 3.14 bits per heavy atom. The molecule has 1 atom stereocenters. The molecular formula is C16H20ClN3O. The van der Waals surface area contributed by atoms with Crippen molar-refractivity contribution in [1.29, 1.82) is 0 Å². The van der Waals surface area contributed by atoms with Gasteiger partial charge in [0.25, 0.3) is 5.91 Å². The van der Waals surface area contributed by atoms with Crippen molar-refractivity contribution in [2.24, 2.45) is 0 Å². The number of nitrogens with zero attached hydrogens (tertiary/aromatic N) is 1. The van der Waals surface area contributed by atoms with Crippen molar-refractivity contribution < 1.29 is 4.79 Å². The second-order valence-electron chi connectivity index (χ2n) is 5.52. The van der Waals surface area contributed by atoms with E-state index in [1.807, 2.05) is 24.3 Å². The predicted octanol–water partition coefficient (Wildman–Crippen LogP) is 3.04. The molecule has 1 amide bonds. The normalized spacial score (nSPS) is 19.2. The van der Waals surface area contributed by atoms with Crippen LogP contribution in [0.2, 0.25) is 5.02 Å². The van der Waals surface area contributed by atoms with E-state index in [0.29, 0.717) is 23.3 Å². The molecule has 0 unspecified atom stereocenters. The molecule has 21 heavy (non-hydrogen) atoms. The van der Waals surface area contributed by atoms with Gasteiger partial charge in [0.15, 0.2) is 0 Å². The first-order valence-corrected chi connectivity index (χ1v) is 7.86. The molecule has 1 fully saturated rings. The maximum Gasteiger partial charge on any atom is 0.267 e. The van der Waals surface area contributed by atoms with E-state index < -0.39 is 0 Å². The molecule has 3 rings (SSSR count). The molecular weight excluding hydrogens is 286 g/mol. The first kappa shape index (κ1) is 14.4. The number of hydrogen-bond acceptors (Lipinski definition) is 2. The number of nitrogens with one attached hydrogen (secondary N) is 2. The van der Waals surface area contributed by atoms with Crippen LogP contribution in [0.25, 0.3) is 10.9 Å². The van der Waals surface area contributed by atoms with E-state index in [9.17, 15) is 4.79 Å². The van der Waals surface area contributed by atoms with Crippen LogP contribution in [0, 0.1) is 0 Å². The van der Waals surface area contributed by atoms with E-state index in [4.69, 9.17) is 11.6 Å². The second-order valence-corrected chi connectivity index (χ2v) is 5.93. The number of hydrogen-bond donors (Lipinski definition) is 2. The highest BCUT2D eigenvalue weighted by atomic mass is 35.5. The summed E-state index contributed by atoms with van der Waals surface area (Å²) in [6, 6.07) is 7.91. The van der Waals surface area contributed by atoms with E-state index in [2.05, 4.69) is 22.1 Å². The predicted molar refractivity (Wildman–Crippen MR) is 85.9 cm³/mol. The molecule has 5 heteroatoms. The number of carbonyl (C=O) groups excluding carboxylic acids is 1. The van der Waals surface area contributed by atoms with Crippen molar-refractivity contribution in [3.05, 3.63) is 35.0 Å². The summed E-state index contributed by atoms with van der Waals surface area (Å²) < 4.78 is 0. The Morgan fingerprint density at radius 2 is 2.38 bits per heavy atom. The minimum Gasteiger partial charge on any atom is -0.350 e. The summed E-state index contributed by atoms with van der Waals surface area (Å²) in [6.07, 6.45) is 2.38. The molecule has 0 radical (unpaired) electrons. The molecule has 0 saturated carbocycles. The van der Waals surface area contributed by atoms with Crippen LogP contribution in [-0.2, 0) is 0 Å². The smallest absolute Gasteiger partial charge is 0.267 e. The van der Waals surface area contributed by atoms with Crippen LogP contribution in [0.4, 0.5) is 0 Å². The maximum absolute atomic E-state index is 12.3. The van der Waals surface area contributed by atoms with Gasteiger partial charge >= 0.3 is 0 Å². The summed E-state index contributed by atoms with van der Waals surface area (Å²) in [6.45, 7) is 5.05. The fourth-order valence-corrected chi connectivity index (χ4v) is 3.32. The lowest BCUT2D eigenvalue weighted by molar-refractivity contribution is 0.0937. The van der Waals surface area contributed by atoms with Gasteiger partial charge in [0.1, 0.15) is 5.69 Å². The number of H-pyrrole nitrogens is 1. The van der Waals surface area contributed by atoms with Crippen LogP contribution in [0.3, 0.4) is 0 Å². The SMILES string of the molecule is CCN1CCC[C@H]1CNC(=O)c1cc2c(Cl)cccc2[nH]1. The number of aromatic amines is 1. The number of amides is 1. The molecule has 2 N–H and O–H groups in total. The third kappa shape index (κ3) is 2.92. The van der Waals surface area contributed by atoms with Gasteiger partial charge in [-0.25, -0.2) is 0 Å². The lowest BCUT2D eigenvalue weighted by Gasteiger charge is -2.22. The van der Waals surface area contributed by atoms with Gasteiger partial charge in [0.05, 0.1) is 0 Å². The first-order valence-electron chi connectivity index (χ1n) is 7.48. The molecule has 4 nitrogen and oxygen atoms in total. The second kappa shape index (κ2) is 6.08. The molecule has 1 aromatic heterocycles. The summed E-state index contributed by atoms with van der Waals surface area (Å²) in [4.78, 5) is 17.8. The van der Waals surface area contributed by atoms with Gasteiger partial charge in [-0.2, -0.15) is 0 Å². The highest BCUT2D eigenvalue weighted by Crippen LogP contribution is 2.24. The topological polar surface area (TPSA) is 48.1 Å². The summed E-state index contributed by atoms with van der Waals surface area (Å²) in [7, 11) is 0. The van der Waals surface area contributed by atoms with Crippen molar-refractivity contribution in [3.63, 3.8) is 0 Å². The Balaban J connectivity index is 1.68. The van der Waals surface area contributed by atoms with Crippen LogP contribution in [0.15, 0.2) is 24.3 Å². The zero-order valence-electron chi connectivity index (χ0n) is 12.2. The zero-order chi connectivity index (χ0) is 14.8. The number of carbonyl (C=O) groups is 1. The van der Waals surface area contributed by atoms with Gasteiger partial charge in [0, 0.05) is 28.5 Å². The summed E-state index contributed by atoms with van der Waals surface area (Å²) >= 11 is 6.14. The highest BCUT2D eigenvalue weighted by molar-refractivity contribution is 6.35. The monoisotopic (exact) mass is 305 g/mol. The van der Waals surface area contributed by atoms with Gasteiger partial charge in [-0.1, -0.05) is 24.6 Å². The highest BCUT2D eigenvalue weighted by Gasteiger charge is 2.23. The van der Waals surface area contributed by atoms with Crippen LogP contribution >= 0.6 is 11.6 Å². The van der Waals surface area contributed by atoms with Crippen molar-refractivity contribution in [3.8, 4) is 0 Å². The Bertz CT molecular complexity index is 652. The molecule has 0 aliphatic carbocycles. The number of rotatable bonds is 4.